The van der Waals surface area contributed by atoms with Crippen LogP contribution in [0.3, 0.4) is 0 Å². The van der Waals surface area contributed by atoms with Crippen LogP contribution in [0.15, 0.2) is 21.3 Å². The Morgan fingerprint density at radius 1 is 1.13 bits per heavy atom. The van der Waals surface area contributed by atoms with Gasteiger partial charge in [-0.15, -0.1) is 0 Å². The zero-order valence-electron chi connectivity index (χ0n) is 18.9. The first-order valence-corrected chi connectivity index (χ1v) is 10.4. The van der Waals surface area contributed by atoms with Crippen LogP contribution in [0.5, 0.6) is 0 Å². The van der Waals surface area contributed by atoms with Gasteiger partial charge in [0.1, 0.15) is 11.1 Å². The third-order valence-electron chi connectivity index (χ3n) is 5.04. The molecule has 31 heavy (non-hydrogen) atoms. The number of carbonyl (C=O) groups is 2. The summed E-state index contributed by atoms with van der Waals surface area (Å²) in [6.07, 6.45) is 1.36. The Balaban J connectivity index is 1.86. The summed E-state index contributed by atoms with van der Waals surface area (Å²) in [7, 11) is 0. The van der Waals surface area contributed by atoms with E-state index < -0.39 is 22.9 Å². The van der Waals surface area contributed by atoms with Crippen molar-refractivity contribution in [2.24, 2.45) is 0 Å². The first kappa shape index (κ1) is 22.6. The van der Waals surface area contributed by atoms with Gasteiger partial charge in [-0.1, -0.05) is 0 Å². The summed E-state index contributed by atoms with van der Waals surface area (Å²) in [5, 5.41) is 5.86. The van der Waals surface area contributed by atoms with Gasteiger partial charge >= 0.3 is 11.7 Å². The molecule has 1 aliphatic heterocycles. The molecule has 0 bridgehead atoms. The van der Waals surface area contributed by atoms with E-state index in [2.05, 4.69) is 15.6 Å². The first-order valence-electron chi connectivity index (χ1n) is 10.4. The van der Waals surface area contributed by atoms with Crippen LogP contribution in [0, 0.1) is 6.92 Å². The normalized spacial score (nSPS) is 14.6. The number of rotatable bonds is 4. The number of aromatic nitrogens is 1. The van der Waals surface area contributed by atoms with Crippen LogP contribution in [0.4, 0.5) is 16.5 Å². The number of nitrogens with zero attached hydrogens (tertiary/aromatic N) is 2. The Hall–Kier alpha value is -3.10. The second-order valence-electron chi connectivity index (χ2n) is 9.31. The summed E-state index contributed by atoms with van der Waals surface area (Å²) in [6.45, 7) is 11.9. The molecule has 168 valence electrons. The van der Waals surface area contributed by atoms with E-state index in [-0.39, 0.29) is 17.3 Å². The quantitative estimate of drug-likeness (QED) is 0.761. The van der Waals surface area contributed by atoms with Crippen molar-refractivity contribution in [1.29, 1.82) is 0 Å². The number of carbonyl (C=O) groups excluding carboxylic acids is 2. The lowest BCUT2D eigenvalue weighted by Crippen LogP contribution is -2.49. The molecule has 0 spiro atoms. The molecule has 2 aromatic rings. The van der Waals surface area contributed by atoms with Crippen LogP contribution in [0.25, 0.3) is 10.9 Å². The van der Waals surface area contributed by atoms with Crippen molar-refractivity contribution in [3.05, 3.63) is 28.1 Å². The van der Waals surface area contributed by atoms with Gasteiger partial charge < -0.3 is 19.4 Å². The maximum absolute atomic E-state index is 12.8. The summed E-state index contributed by atoms with van der Waals surface area (Å²) in [5.74, 6) is -0.0670. The van der Waals surface area contributed by atoms with E-state index in [9.17, 15) is 14.4 Å². The standard InChI is InChI=1S/C22H30N4O5/c1-13-14(24-20(29)31-21(2,3)4)9-10-15-16(13)17(27)30-19(23-15)25-22(5,6)18(28)26-11-7-8-12-26/h9-10H,7-8,11-12H2,1-6H3,(H,23,25)(H,24,29). The second-order valence-corrected chi connectivity index (χ2v) is 9.31. The molecular formula is C22H30N4O5. The number of likely N-dealkylation sites (tertiary alicyclic amines) is 1. The van der Waals surface area contributed by atoms with Gasteiger partial charge in [-0.05, 0) is 72.1 Å². The Morgan fingerprint density at radius 2 is 1.77 bits per heavy atom. The van der Waals surface area contributed by atoms with Crippen molar-refractivity contribution in [3.63, 3.8) is 0 Å². The van der Waals surface area contributed by atoms with E-state index in [0.29, 0.717) is 16.8 Å². The topological polar surface area (TPSA) is 114 Å². The number of amides is 2. The van der Waals surface area contributed by atoms with Crippen molar-refractivity contribution in [3.8, 4) is 0 Å². The lowest BCUT2D eigenvalue weighted by Gasteiger charge is -2.29. The van der Waals surface area contributed by atoms with Crippen LogP contribution in [0.2, 0.25) is 0 Å². The number of hydrogen-bond acceptors (Lipinski definition) is 7. The van der Waals surface area contributed by atoms with Crippen LogP contribution >= 0.6 is 0 Å². The van der Waals surface area contributed by atoms with E-state index >= 15 is 0 Å². The van der Waals surface area contributed by atoms with Gasteiger partial charge in [0, 0.05) is 18.8 Å². The molecule has 1 aromatic heterocycles. The number of ether oxygens (including phenoxy) is 1. The fourth-order valence-electron chi connectivity index (χ4n) is 3.56. The lowest BCUT2D eigenvalue weighted by molar-refractivity contribution is -0.133. The third-order valence-corrected chi connectivity index (χ3v) is 5.04. The minimum absolute atomic E-state index is 0.0256. The fraction of sp³-hybridized carbons (Fsp3) is 0.545. The van der Waals surface area contributed by atoms with Gasteiger partial charge in [0.15, 0.2) is 0 Å². The van der Waals surface area contributed by atoms with Crippen LogP contribution < -0.4 is 16.3 Å². The molecular weight excluding hydrogens is 400 g/mol. The SMILES string of the molecule is Cc1c(NC(=O)OC(C)(C)C)ccc2nc(NC(C)(C)C(=O)N3CCCC3)oc(=O)c12. The molecule has 1 saturated heterocycles. The maximum Gasteiger partial charge on any atom is 0.412 e. The predicted molar refractivity (Wildman–Crippen MR) is 118 cm³/mol. The average molecular weight is 431 g/mol. The van der Waals surface area contributed by atoms with Crippen molar-refractivity contribution < 1.29 is 18.7 Å². The van der Waals surface area contributed by atoms with Gasteiger partial charge in [-0.2, -0.15) is 4.98 Å². The molecule has 1 aliphatic rings. The van der Waals surface area contributed by atoms with E-state index in [1.807, 2.05) is 0 Å². The van der Waals surface area contributed by atoms with Crippen LogP contribution in [-0.2, 0) is 9.53 Å². The Morgan fingerprint density at radius 3 is 2.39 bits per heavy atom. The number of aryl methyl sites for hydroxylation is 1. The Kier molecular flexibility index (Phi) is 5.98. The summed E-state index contributed by atoms with van der Waals surface area (Å²) >= 11 is 0. The van der Waals surface area contributed by atoms with Gasteiger partial charge in [0.05, 0.1) is 10.9 Å². The molecule has 2 amide bonds. The summed E-state index contributed by atoms with van der Waals surface area (Å²) < 4.78 is 10.6. The van der Waals surface area contributed by atoms with Crippen molar-refractivity contribution in [2.45, 2.75) is 65.5 Å². The van der Waals surface area contributed by atoms with Crippen molar-refractivity contribution in [1.82, 2.24) is 9.88 Å². The second kappa shape index (κ2) is 8.20. The smallest absolute Gasteiger partial charge is 0.412 e. The van der Waals surface area contributed by atoms with Gasteiger partial charge in [0.25, 0.3) is 6.01 Å². The van der Waals surface area contributed by atoms with E-state index in [1.54, 1.807) is 58.6 Å². The molecule has 0 aliphatic carbocycles. The number of nitrogens with one attached hydrogen (secondary N) is 2. The number of fused-ring (bicyclic) bond motifs is 1. The van der Waals surface area contributed by atoms with E-state index in [4.69, 9.17) is 9.15 Å². The molecule has 0 radical (unpaired) electrons. The molecule has 1 fully saturated rings. The molecule has 0 unspecified atom stereocenters. The summed E-state index contributed by atoms with van der Waals surface area (Å²) in [4.78, 5) is 43.8. The minimum Gasteiger partial charge on any atom is -0.444 e. The Bertz CT molecular complexity index is 1060. The first-order chi connectivity index (χ1) is 14.4. The molecule has 3 rings (SSSR count). The number of hydrogen-bond donors (Lipinski definition) is 2. The average Bonchev–Trinajstić information content (AvgIpc) is 3.15. The highest BCUT2D eigenvalue weighted by atomic mass is 16.6. The highest BCUT2D eigenvalue weighted by molar-refractivity contribution is 5.93. The van der Waals surface area contributed by atoms with Gasteiger partial charge in [-0.25, -0.2) is 9.59 Å². The fourth-order valence-corrected chi connectivity index (χ4v) is 3.56. The highest BCUT2D eigenvalue weighted by Crippen LogP contribution is 2.25. The highest BCUT2D eigenvalue weighted by Gasteiger charge is 2.34. The summed E-state index contributed by atoms with van der Waals surface area (Å²) in [5.41, 5.74) is -0.883. The zero-order valence-corrected chi connectivity index (χ0v) is 18.9. The minimum atomic E-state index is -0.978. The molecule has 2 N–H and O–H groups in total. The maximum atomic E-state index is 12.8. The molecule has 0 atom stereocenters. The van der Waals surface area contributed by atoms with Crippen molar-refractivity contribution in [2.75, 3.05) is 23.7 Å². The lowest BCUT2D eigenvalue weighted by atomic mass is 10.0. The Labute approximate surface area is 181 Å². The van der Waals surface area contributed by atoms with Crippen molar-refractivity contribution >= 4 is 34.6 Å². The largest absolute Gasteiger partial charge is 0.444 e. The molecule has 2 heterocycles. The molecule has 9 nitrogen and oxygen atoms in total. The molecule has 1 aromatic carbocycles. The predicted octanol–water partition coefficient (Wildman–Crippen LogP) is 3.66. The summed E-state index contributed by atoms with van der Waals surface area (Å²) in [6, 6.07) is 3.24. The van der Waals surface area contributed by atoms with Gasteiger partial charge in [0.2, 0.25) is 5.91 Å². The number of benzene rings is 1. The molecule has 9 heteroatoms. The van der Waals surface area contributed by atoms with Crippen LogP contribution in [0.1, 0.15) is 53.0 Å². The van der Waals surface area contributed by atoms with E-state index in [0.717, 1.165) is 25.9 Å². The van der Waals surface area contributed by atoms with Gasteiger partial charge in [-0.3, -0.25) is 10.1 Å². The molecule has 0 saturated carbocycles. The third kappa shape index (κ3) is 5.15. The number of anilines is 2. The van der Waals surface area contributed by atoms with Crippen LogP contribution in [-0.4, -0.2) is 46.1 Å². The monoisotopic (exact) mass is 430 g/mol. The van der Waals surface area contributed by atoms with E-state index in [1.165, 1.54) is 0 Å². The zero-order chi connectivity index (χ0) is 23.0.